The van der Waals surface area contributed by atoms with Gasteiger partial charge in [-0.15, -0.1) is 0 Å². The van der Waals surface area contributed by atoms with Gasteiger partial charge >= 0.3 is 0 Å². The van der Waals surface area contributed by atoms with E-state index in [1.165, 1.54) is 41.0 Å². The van der Waals surface area contributed by atoms with Crippen molar-refractivity contribution in [2.45, 2.75) is 26.9 Å². The summed E-state index contributed by atoms with van der Waals surface area (Å²) in [5.74, 6) is -0.378. The van der Waals surface area contributed by atoms with Gasteiger partial charge in [0.2, 0.25) is 12.1 Å². The Morgan fingerprint density at radius 1 is 0.966 bits per heavy atom. The molecule has 29 heavy (non-hydrogen) atoms. The summed E-state index contributed by atoms with van der Waals surface area (Å²) in [6.45, 7) is 5.13. The van der Waals surface area contributed by atoms with Gasteiger partial charge in [0, 0.05) is 5.56 Å². The number of aryl methyl sites for hydroxylation is 2. The van der Waals surface area contributed by atoms with E-state index in [1.54, 1.807) is 0 Å². The summed E-state index contributed by atoms with van der Waals surface area (Å²) in [6.07, 6.45) is 2.00. The molecular weight excluding hydrogens is 431 g/mol. The van der Waals surface area contributed by atoms with Crippen LogP contribution < -0.4 is 21.5 Å². The van der Waals surface area contributed by atoms with E-state index in [0.717, 1.165) is 17.6 Å². The first-order valence-electron chi connectivity index (χ1n) is 9.33. The van der Waals surface area contributed by atoms with Gasteiger partial charge in [-0.05, 0) is 66.9 Å². The molecule has 1 aromatic heterocycles. The fourth-order valence-corrected chi connectivity index (χ4v) is 3.45. The standard InChI is InChI=1S/C24H22FN2O.BrH/c1-17-12-22-23(13-18(17)2)27(15-24(28)20-8-10-21(25)11-9-20)16-26(22)14-19-6-4-3-5-7-19;/h3-13,16H,14-15H2,1-2H3;1H/q+1;/p-1. The van der Waals surface area contributed by atoms with Crippen LogP contribution in [0.2, 0.25) is 0 Å². The van der Waals surface area contributed by atoms with Gasteiger partial charge in [-0.3, -0.25) is 4.79 Å². The maximum atomic E-state index is 13.2. The molecule has 0 fully saturated rings. The molecular formula is C24H22BrFN2O. The second-order valence-corrected chi connectivity index (χ2v) is 7.21. The summed E-state index contributed by atoms with van der Waals surface area (Å²) in [5, 5.41) is 0. The van der Waals surface area contributed by atoms with E-state index >= 15 is 0 Å². The largest absolute Gasteiger partial charge is 1.00 e. The summed E-state index contributed by atoms with van der Waals surface area (Å²) in [5.41, 5.74) is 6.24. The van der Waals surface area contributed by atoms with Crippen molar-refractivity contribution in [3.63, 3.8) is 0 Å². The molecule has 0 aliphatic carbocycles. The van der Waals surface area contributed by atoms with Gasteiger partial charge in [0.05, 0.1) is 0 Å². The summed E-state index contributed by atoms with van der Waals surface area (Å²) in [6, 6.07) is 20.3. The number of hydrogen-bond donors (Lipinski definition) is 0. The topological polar surface area (TPSA) is 25.9 Å². The van der Waals surface area contributed by atoms with Crippen LogP contribution in [-0.4, -0.2) is 10.4 Å². The van der Waals surface area contributed by atoms with Crippen LogP contribution in [-0.2, 0) is 13.1 Å². The van der Waals surface area contributed by atoms with Crippen LogP contribution in [0.25, 0.3) is 11.0 Å². The molecule has 0 aliphatic rings. The lowest BCUT2D eigenvalue weighted by atomic mass is 10.1. The number of aromatic nitrogens is 2. The molecule has 0 radical (unpaired) electrons. The highest BCUT2D eigenvalue weighted by molar-refractivity contribution is 5.96. The normalized spacial score (nSPS) is 10.7. The minimum Gasteiger partial charge on any atom is -1.00 e. The van der Waals surface area contributed by atoms with Crippen LogP contribution in [0.3, 0.4) is 0 Å². The molecule has 0 saturated carbocycles. The molecule has 0 amide bonds. The summed E-state index contributed by atoms with van der Waals surface area (Å²) in [4.78, 5) is 12.7. The average molecular weight is 453 g/mol. The number of fused-ring (bicyclic) bond motifs is 1. The SMILES string of the molecule is Cc1cc2c(cc1C)[n+](Cc1ccccc1)cn2CC(=O)c1ccc(F)cc1.[Br-]. The Labute approximate surface area is 180 Å². The number of ketones is 1. The number of carbonyl (C=O) groups excluding carboxylic acids is 1. The number of rotatable bonds is 5. The number of imidazole rings is 1. The third kappa shape index (κ3) is 4.46. The van der Waals surface area contributed by atoms with E-state index in [2.05, 4.69) is 42.7 Å². The molecule has 0 unspecified atom stereocenters. The molecule has 0 saturated heterocycles. The van der Waals surface area contributed by atoms with Crippen LogP contribution in [0.15, 0.2) is 73.1 Å². The number of hydrogen-bond acceptors (Lipinski definition) is 1. The highest BCUT2D eigenvalue weighted by Crippen LogP contribution is 2.19. The van der Waals surface area contributed by atoms with E-state index < -0.39 is 0 Å². The van der Waals surface area contributed by atoms with Crippen molar-refractivity contribution in [1.29, 1.82) is 0 Å². The first-order valence-corrected chi connectivity index (χ1v) is 9.33. The Morgan fingerprint density at radius 2 is 1.62 bits per heavy atom. The van der Waals surface area contributed by atoms with Gasteiger partial charge in [0.25, 0.3) is 0 Å². The lowest BCUT2D eigenvalue weighted by Gasteiger charge is -2.02. The second kappa shape index (κ2) is 8.70. The van der Waals surface area contributed by atoms with Gasteiger partial charge in [0.15, 0.2) is 17.6 Å². The number of halogens is 2. The zero-order valence-electron chi connectivity index (χ0n) is 16.4. The summed E-state index contributed by atoms with van der Waals surface area (Å²) < 4.78 is 17.3. The minimum absolute atomic E-state index is 0. The zero-order valence-corrected chi connectivity index (χ0v) is 18.0. The highest BCUT2D eigenvalue weighted by atomic mass is 79.9. The maximum absolute atomic E-state index is 13.2. The fourth-order valence-electron chi connectivity index (χ4n) is 3.45. The van der Waals surface area contributed by atoms with Crippen molar-refractivity contribution in [1.82, 2.24) is 4.57 Å². The lowest BCUT2D eigenvalue weighted by molar-refractivity contribution is -0.663. The average Bonchev–Trinajstić information content (AvgIpc) is 2.99. The van der Waals surface area contributed by atoms with Crippen LogP contribution in [0.5, 0.6) is 0 Å². The summed E-state index contributed by atoms with van der Waals surface area (Å²) >= 11 is 0. The maximum Gasteiger partial charge on any atom is 0.245 e. The Balaban J connectivity index is 0.00000240. The Morgan fingerprint density at radius 3 is 2.31 bits per heavy atom. The molecule has 0 bridgehead atoms. The molecule has 5 heteroatoms. The van der Waals surface area contributed by atoms with Gasteiger partial charge < -0.3 is 17.0 Å². The van der Waals surface area contributed by atoms with Crippen LogP contribution in [0.4, 0.5) is 4.39 Å². The van der Waals surface area contributed by atoms with Gasteiger partial charge in [-0.25, -0.2) is 13.5 Å². The highest BCUT2D eigenvalue weighted by Gasteiger charge is 2.20. The molecule has 0 aliphatic heterocycles. The van der Waals surface area contributed by atoms with E-state index in [0.29, 0.717) is 5.56 Å². The Kier molecular flexibility index (Phi) is 6.28. The van der Waals surface area contributed by atoms with Crippen molar-refractivity contribution >= 4 is 16.8 Å². The van der Waals surface area contributed by atoms with Crippen molar-refractivity contribution in [3.8, 4) is 0 Å². The van der Waals surface area contributed by atoms with E-state index in [9.17, 15) is 9.18 Å². The Hall–Kier alpha value is -2.79. The lowest BCUT2D eigenvalue weighted by Crippen LogP contribution is -3.00. The molecule has 3 nitrogen and oxygen atoms in total. The molecule has 4 rings (SSSR count). The molecule has 0 N–H and O–H groups in total. The smallest absolute Gasteiger partial charge is 0.245 e. The van der Waals surface area contributed by atoms with Crippen molar-refractivity contribution in [3.05, 3.63) is 101 Å². The van der Waals surface area contributed by atoms with Gasteiger partial charge in [0.1, 0.15) is 12.4 Å². The molecule has 4 aromatic rings. The fraction of sp³-hybridized carbons (Fsp3) is 0.167. The third-order valence-electron chi connectivity index (χ3n) is 5.16. The zero-order chi connectivity index (χ0) is 19.7. The third-order valence-corrected chi connectivity index (χ3v) is 5.16. The minimum atomic E-state index is -0.338. The first-order chi connectivity index (χ1) is 13.5. The van der Waals surface area contributed by atoms with E-state index in [-0.39, 0.29) is 35.1 Å². The molecule has 148 valence electrons. The quantitative estimate of drug-likeness (QED) is 0.333. The van der Waals surface area contributed by atoms with Crippen LogP contribution >= 0.6 is 0 Å². The van der Waals surface area contributed by atoms with Gasteiger partial charge in [-0.1, -0.05) is 30.3 Å². The number of benzene rings is 3. The predicted octanol–water partition coefficient (Wildman–Crippen LogP) is 1.62. The van der Waals surface area contributed by atoms with Crippen LogP contribution in [0, 0.1) is 19.7 Å². The van der Waals surface area contributed by atoms with Gasteiger partial charge in [-0.2, -0.15) is 0 Å². The van der Waals surface area contributed by atoms with E-state index in [1.807, 2.05) is 29.1 Å². The van der Waals surface area contributed by atoms with Crippen molar-refractivity contribution < 1.29 is 30.7 Å². The predicted molar refractivity (Wildman–Crippen MR) is 108 cm³/mol. The number of carbonyl (C=O) groups is 1. The monoisotopic (exact) mass is 452 g/mol. The summed E-state index contributed by atoms with van der Waals surface area (Å²) in [7, 11) is 0. The first kappa shape index (κ1) is 20.9. The van der Waals surface area contributed by atoms with Crippen molar-refractivity contribution in [2.75, 3.05) is 0 Å². The van der Waals surface area contributed by atoms with E-state index in [4.69, 9.17) is 0 Å². The second-order valence-electron chi connectivity index (χ2n) is 7.21. The Bertz CT molecular complexity index is 1150. The van der Waals surface area contributed by atoms with Crippen LogP contribution in [0.1, 0.15) is 27.0 Å². The van der Waals surface area contributed by atoms with Crippen molar-refractivity contribution in [2.24, 2.45) is 0 Å². The number of Topliss-reactive ketones (excluding diaryl/α,β-unsaturated/α-hetero) is 1. The number of nitrogens with zero attached hydrogens (tertiary/aromatic N) is 2. The molecule has 0 atom stereocenters. The molecule has 1 heterocycles. The molecule has 3 aromatic carbocycles. The molecule has 0 spiro atoms.